The number of morpholine rings is 1. The molecule has 2 unspecified atom stereocenters. The number of ether oxygens (including phenoxy) is 4. The first-order valence-electron chi connectivity index (χ1n) is 11.9. The van der Waals surface area contributed by atoms with E-state index in [1.807, 2.05) is 12.1 Å². The van der Waals surface area contributed by atoms with Crippen molar-refractivity contribution in [2.24, 2.45) is 4.99 Å². The molecule has 7 heteroatoms. The number of nitrogens with one attached hydrogen (secondary N) is 1. The molecule has 1 saturated carbocycles. The van der Waals surface area contributed by atoms with Crippen molar-refractivity contribution < 1.29 is 18.9 Å². The Labute approximate surface area is 186 Å². The Morgan fingerprint density at radius 1 is 1.13 bits per heavy atom. The zero-order chi connectivity index (χ0) is 21.5. The summed E-state index contributed by atoms with van der Waals surface area (Å²) < 4.78 is 23.7. The standard InChI is InChI=1S/C24H37N3O4/c1-3-25-24(27-12-14-30-23(17-27)21-9-6-13-29-21)26-16-18-10-11-20(28-2)15-22(18)31-19-7-4-5-8-19/h10-11,15,19,21,23H,3-9,12-14,16-17H2,1-2H3,(H,25,26). The fraction of sp³-hybridized carbons (Fsp3) is 0.708. The summed E-state index contributed by atoms with van der Waals surface area (Å²) in [4.78, 5) is 7.28. The molecule has 0 bridgehead atoms. The highest BCUT2D eigenvalue weighted by atomic mass is 16.5. The summed E-state index contributed by atoms with van der Waals surface area (Å²) in [6.45, 7) is 6.70. The molecule has 0 spiro atoms. The van der Waals surface area contributed by atoms with Gasteiger partial charge in [-0.05, 0) is 57.6 Å². The Bertz CT molecular complexity index is 730. The molecule has 2 heterocycles. The Kier molecular flexibility index (Phi) is 7.92. The highest BCUT2D eigenvalue weighted by Gasteiger charge is 2.32. The van der Waals surface area contributed by atoms with Crippen LogP contribution in [0.25, 0.3) is 0 Å². The van der Waals surface area contributed by atoms with E-state index in [2.05, 4.69) is 23.2 Å². The van der Waals surface area contributed by atoms with Gasteiger partial charge in [0.2, 0.25) is 0 Å². The molecule has 2 aliphatic heterocycles. The maximum absolute atomic E-state index is 6.35. The first-order chi connectivity index (χ1) is 15.3. The van der Waals surface area contributed by atoms with Crippen molar-refractivity contribution in [2.75, 3.05) is 40.0 Å². The van der Waals surface area contributed by atoms with Gasteiger partial charge in [-0.15, -0.1) is 0 Å². The summed E-state index contributed by atoms with van der Waals surface area (Å²) in [7, 11) is 1.69. The lowest BCUT2D eigenvalue weighted by Gasteiger charge is -2.37. The number of guanidine groups is 1. The summed E-state index contributed by atoms with van der Waals surface area (Å²) in [6, 6.07) is 6.06. The van der Waals surface area contributed by atoms with Crippen LogP contribution in [0.1, 0.15) is 51.0 Å². The molecule has 172 valence electrons. The molecular weight excluding hydrogens is 394 g/mol. The van der Waals surface area contributed by atoms with Gasteiger partial charge in [-0.25, -0.2) is 4.99 Å². The monoisotopic (exact) mass is 431 g/mol. The zero-order valence-corrected chi connectivity index (χ0v) is 19.0. The summed E-state index contributed by atoms with van der Waals surface area (Å²) in [5.74, 6) is 2.64. The molecule has 1 N–H and O–H groups in total. The predicted octanol–water partition coefficient (Wildman–Crippen LogP) is 3.36. The van der Waals surface area contributed by atoms with E-state index < -0.39 is 0 Å². The van der Waals surface area contributed by atoms with Crippen LogP contribution in [0.15, 0.2) is 23.2 Å². The first-order valence-corrected chi connectivity index (χ1v) is 11.9. The van der Waals surface area contributed by atoms with E-state index in [0.29, 0.717) is 19.3 Å². The van der Waals surface area contributed by atoms with Gasteiger partial charge in [-0.3, -0.25) is 0 Å². The van der Waals surface area contributed by atoms with Crippen molar-refractivity contribution in [1.82, 2.24) is 10.2 Å². The van der Waals surface area contributed by atoms with Crippen molar-refractivity contribution in [2.45, 2.75) is 70.3 Å². The van der Waals surface area contributed by atoms with E-state index in [1.54, 1.807) is 7.11 Å². The molecule has 2 atom stereocenters. The molecule has 0 radical (unpaired) electrons. The van der Waals surface area contributed by atoms with Gasteiger partial charge in [0.05, 0.1) is 32.5 Å². The number of benzene rings is 1. The molecule has 2 saturated heterocycles. The minimum atomic E-state index is 0.113. The number of hydrogen-bond acceptors (Lipinski definition) is 5. The van der Waals surface area contributed by atoms with Crippen molar-refractivity contribution in [3.05, 3.63) is 23.8 Å². The van der Waals surface area contributed by atoms with E-state index >= 15 is 0 Å². The van der Waals surface area contributed by atoms with E-state index in [9.17, 15) is 0 Å². The molecule has 0 amide bonds. The number of aliphatic imine (C=N–C) groups is 1. The van der Waals surface area contributed by atoms with Crippen LogP contribution in [-0.4, -0.2) is 69.1 Å². The minimum absolute atomic E-state index is 0.113. The Balaban J connectivity index is 1.47. The van der Waals surface area contributed by atoms with Crippen LogP contribution in [-0.2, 0) is 16.0 Å². The van der Waals surface area contributed by atoms with Gasteiger partial charge in [0, 0.05) is 37.9 Å². The zero-order valence-electron chi connectivity index (χ0n) is 19.0. The van der Waals surface area contributed by atoms with Crippen molar-refractivity contribution >= 4 is 5.96 Å². The lowest BCUT2D eigenvalue weighted by molar-refractivity contribution is -0.0817. The van der Waals surface area contributed by atoms with Gasteiger partial charge >= 0.3 is 0 Å². The highest BCUT2D eigenvalue weighted by Crippen LogP contribution is 2.30. The van der Waals surface area contributed by atoms with Crippen LogP contribution in [0.4, 0.5) is 0 Å². The van der Waals surface area contributed by atoms with Crippen LogP contribution >= 0.6 is 0 Å². The number of methoxy groups -OCH3 is 1. The molecule has 7 nitrogen and oxygen atoms in total. The van der Waals surface area contributed by atoms with E-state index in [1.165, 1.54) is 12.8 Å². The largest absolute Gasteiger partial charge is 0.497 e. The second-order valence-electron chi connectivity index (χ2n) is 8.57. The molecule has 3 aliphatic rings. The Hall–Kier alpha value is -1.99. The third-order valence-corrected chi connectivity index (χ3v) is 6.38. The second-order valence-corrected chi connectivity index (χ2v) is 8.57. The first kappa shape index (κ1) is 22.2. The molecule has 31 heavy (non-hydrogen) atoms. The molecule has 1 aliphatic carbocycles. The third kappa shape index (κ3) is 5.83. The summed E-state index contributed by atoms with van der Waals surface area (Å²) in [6.07, 6.45) is 7.57. The average Bonchev–Trinajstić information content (AvgIpc) is 3.52. The normalized spacial score (nSPS) is 25.1. The predicted molar refractivity (Wildman–Crippen MR) is 121 cm³/mol. The Morgan fingerprint density at radius 3 is 2.71 bits per heavy atom. The second kappa shape index (κ2) is 11.0. The topological polar surface area (TPSA) is 64.6 Å². The summed E-state index contributed by atoms with van der Waals surface area (Å²) in [5.41, 5.74) is 1.09. The smallest absolute Gasteiger partial charge is 0.194 e. The lowest BCUT2D eigenvalue weighted by Crippen LogP contribution is -2.53. The lowest BCUT2D eigenvalue weighted by atomic mass is 10.1. The van der Waals surface area contributed by atoms with Gasteiger partial charge < -0.3 is 29.2 Å². The summed E-state index contributed by atoms with van der Waals surface area (Å²) in [5, 5.41) is 3.46. The average molecular weight is 432 g/mol. The quantitative estimate of drug-likeness (QED) is 0.528. The maximum atomic E-state index is 6.35. The van der Waals surface area contributed by atoms with E-state index in [4.69, 9.17) is 23.9 Å². The molecular formula is C24H37N3O4. The van der Waals surface area contributed by atoms with Gasteiger partial charge in [0.25, 0.3) is 0 Å². The number of nitrogens with zero attached hydrogens (tertiary/aromatic N) is 2. The van der Waals surface area contributed by atoms with Crippen molar-refractivity contribution in [3.63, 3.8) is 0 Å². The summed E-state index contributed by atoms with van der Waals surface area (Å²) >= 11 is 0. The molecule has 4 rings (SSSR count). The van der Waals surface area contributed by atoms with Crippen molar-refractivity contribution in [3.8, 4) is 11.5 Å². The van der Waals surface area contributed by atoms with Crippen LogP contribution in [0, 0.1) is 0 Å². The van der Waals surface area contributed by atoms with Gasteiger partial charge in [-0.1, -0.05) is 0 Å². The van der Waals surface area contributed by atoms with E-state index in [-0.39, 0.29) is 12.2 Å². The number of hydrogen-bond donors (Lipinski definition) is 1. The van der Waals surface area contributed by atoms with Gasteiger partial charge in [0.1, 0.15) is 17.6 Å². The molecule has 0 aromatic heterocycles. The number of rotatable bonds is 7. The Morgan fingerprint density at radius 2 is 1.97 bits per heavy atom. The van der Waals surface area contributed by atoms with Crippen LogP contribution in [0.3, 0.4) is 0 Å². The van der Waals surface area contributed by atoms with Gasteiger partial charge in [-0.2, -0.15) is 0 Å². The highest BCUT2D eigenvalue weighted by molar-refractivity contribution is 5.80. The van der Waals surface area contributed by atoms with Crippen LogP contribution < -0.4 is 14.8 Å². The van der Waals surface area contributed by atoms with Crippen LogP contribution in [0.2, 0.25) is 0 Å². The fourth-order valence-corrected chi connectivity index (χ4v) is 4.66. The third-order valence-electron chi connectivity index (χ3n) is 6.38. The van der Waals surface area contributed by atoms with Gasteiger partial charge in [0.15, 0.2) is 5.96 Å². The molecule has 3 fully saturated rings. The van der Waals surface area contributed by atoms with Crippen LogP contribution in [0.5, 0.6) is 11.5 Å². The molecule has 1 aromatic carbocycles. The SMILES string of the molecule is CCNC(=NCc1ccc(OC)cc1OC1CCCC1)N1CCOC(C2CCCO2)C1. The fourth-order valence-electron chi connectivity index (χ4n) is 4.66. The maximum Gasteiger partial charge on any atom is 0.194 e. The minimum Gasteiger partial charge on any atom is -0.497 e. The molecule has 1 aromatic rings. The van der Waals surface area contributed by atoms with E-state index in [0.717, 1.165) is 74.9 Å². The van der Waals surface area contributed by atoms with Crippen molar-refractivity contribution in [1.29, 1.82) is 0 Å².